The van der Waals surface area contributed by atoms with Crippen LogP contribution in [0.25, 0.3) is 10.8 Å². The molecule has 90 valence electrons. The highest BCUT2D eigenvalue weighted by molar-refractivity contribution is 7.98. The molecule has 1 N–H and O–H groups in total. The van der Waals surface area contributed by atoms with Crippen LogP contribution in [0.1, 0.15) is 24.5 Å². The summed E-state index contributed by atoms with van der Waals surface area (Å²) in [5, 5.41) is 12.5. The van der Waals surface area contributed by atoms with Crippen LogP contribution in [0.4, 0.5) is 0 Å². The zero-order valence-electron chi connectivity index (χ0n) is 10.1. The number of rotatable bonds is 5. The summed E-state index contributed by atoms with van der Waals surface area (Å²) in [6.07, 6.45) is 3.68. The van der Waals surface area contributed by atoms with Crippen molar-refractivity contribution >= 4 is 22.5 Å². The predicted molar refractivity (Wildman–Crippen MR) is 76.5 cm³/mol. The van der Waals surface area contributed by atoms with Crippen LogP contribution in [0.2, 0.25) is 0 Å². The van der Waals surface area contributed by atoms with Crippen LogP contribution >= 0.6 is 11.8 Å². The Morgan fingerprint density at radius 3 is 2.65 bits per heavy atom. The smallest absolute Gasteiger partial charge is 0.0790 e. The van der Waals surface area contributed by atoms with Gasteiger partial charge in [-0.3, -0.25) is 0 Å². The number of hydrogen-bond acceptors (Lipinski definition) is 2. The van der Waals surface area contributed by atoms with E-state index in [1.165, 1.54) is 10.8 Å². The summed E-state index contributed by atoms with van der Waals surface area (Å²) in [5.41, 5.74) is 1.03. The molecule has 0 spiro atoms. The van der Waals surface area contributed by atoms with Crippen molar-refractivity contribution in [3.05, 3.63) is 48.0 Å². The van der Waals surface area contributed by atoms with Crippen molar-refractivity contribution in [3.63, 3.8) is 0 Å². The summed E-state index contributed by atoms with van der Waals surface area (Å²) in [6, 6.07) is 14.5. The van der Waals surface area contributed by atoms with E-state index < -0.39 is 0 Å². The van der Waals surface area contributed by atoms with Crippen molar-refractivity contribution in [2.24, 2.45) is 0 Å². The highest BCUT2D eigenvalue weighted by Crippen LogP contribution is 2.23. The molecule has 0 radical (unpaired) electrons. The average Bonchev–Trinajstić information content (AvgIpc) is 2.38. The first-order valence-electron chi connectivity index (χ1n) is 5.97. The van der Waals surface area contributed by atoms with Crippen LogP contribution < -0.4 is 0 Å². The Balaban J connectivity index is 2.12. The van der Waals surface area contributed by atoms with Gasteiger partial charge in [0, 0.05) is 0 Å². The summed E-state index contributed by atoms with van der Waals surface area (Å²) in [6.45, 7) is 0. The molecule has 0 amide bonds. The predicted octanol–water partition coefficient (Wildman–Crippen LogP) is 4.02. The number of fused-ring (bicyclic) bond motifs is 1. The van der Waals surface area contributed by atoms with Crippen LogP contribution in [0.3, 0.4) is 0 Å². The summed E-state index contributed by atoms with van der Waals surface area (Å²) in [7, 11) is 0. The molecule has 2 aromatic carbocycles. The van der Waals surface area contributed by atoms with Gasteiger partial charge in [0.2, 0.25) is 0 Å². The number of aliphatic hydroxyl groups excluding tert-OH is 1. The maximum atomic E-state index is 10.1. The summed E-state index contributed by atoms with van der Waals surface area (Å²) < 4.78 is 0. The molecule has 0 aromatic heterocycles. The minimum atomic E-state index is -0.327. The monoisotopic (exact) mass is 246 g/mol. The van der Waals surface area contributed by atoms with Gasteiger partial charge in [0.05, 0.1) is 6.10 Å². The first-order valence-corrected chi connectivity index (χ1v) is 7.36. The lowest BCUT2D eigenvalue weighted by atomic mass is 10.0. The topological polar surface area (TPSA) is 20.2 Å². The Kier molecular flexibility index (Phi) is 4.46. The van der Waals surface area contributed by atoms with Crippen molar-refractivity contribution in [2.75, 3.05) is 12.0 Å². The standard InChI is InChI=1S/C15H18OS/c1-17-10-4-7-15(16)14-9-8-12-5-2-3-6-13(12)11-14/h2-3,5-6,8-9,11,15-16H,4,7,10H2,1H3. The van der Waals surface area contributed by atoms with Crippen molar-refractivity contribution in [1.29, 1.82) is 0 Å². The molecule has 1 unspecified atom stereocenters. The van der Waals surface area contributed by atoms with Crippen LogP contribution in [0.15, 0.2) is 42.5 Å². The van der Waals surface area contributed by atoms with Gasteiger partial charge in [0.25, 0.3) is 0 Å². The number of benzene rings is 2. The number of aliphatic hydroxyl groups is 1. The molecule has 0 saturated carbocycles. The Morgan fingerprint density at radius 2 is 1.88 bits per heavy atom. The Hall–Kier alpha value is -0.990. The summed E-state index contributed by atoms with van der Waals surface area (Å²) in [5.74, 6) is 1.12. The third kappa shape index (κ3) is 3.24. The van der Waals surface area contributed by atoms with Crippen LogP contribution in [0, 0.1) is 0 Å². The van der Waals surface area contributed by atoms with E-state index in [-0.39, 0.29) is 6.10 Å². The lowest BCUT2D eigenvalue weighted by Crippen LogP contribution is -1.98. The highest BCUT2D eigenvalue weighted by atomic mass is 32.2. The van der Waals surface area contributed by atoms with E-state index in [1.807, 2.05) is 30.0 Å². The van der Waals surface area contributed by atoms with Gasteiger partial charge >= 0.3 is 0 Å². The van der Waals surface area contributed by atoms with Gasteiger partial charge in [-0.05, 0) is 47.3 Å². The average molecular weight is 246 g/mol. The van der Waals surface area contributed by atoms with Gasteiger partial charge in [-0.2, -0.15) is 11.8 Å². The second-order valence-electron chi connectivity index (χ2n) is 4.26. The Morgan fingerprint density at radius 1 is 1.12 bits per heavy atom. The van der Waals surface area contributed by atoms with Crippen molar-refractivity contribution in [1.82, 2.24) is 0 Å². The van der Waals surface area contributed by atoms with E-state index in [0.29, 0.717) is 0 Å². The molecule has 0 aliphatic rings. The minimum absolute atomic E-state index is 0.327. The van der Waals surface area contributed by atoms with E-state index in [0.717, 1.165) is 24.2 Å². The van der Waals surface area contributed by atoms with E-state index in [9.17, 15) is 5.11 Å². The molecular formula is C15H18OS. The lowest BCUT2D eigenvalue weighted by molar-refractivity contribution is 0.167. The van der Waals surface area contributed by atoms with Crippen molar-refractivity contribution in [3.8, 4) is 0 Å². The molecule has 0 aliphatic carbocycles. The van der Waals surface area contributed by atoms with Gasteiger partial charge < -0.3 is 5.11 Å². The van der Waals surface area contributed by atoms with Gasteiger partial charge in [-0.15, -0.1) is 0 Å². The maximum absolute atomic E-state index is 10.1. The van der Waals surface area contributed by atoms with Crippen molar-refractivity contribution < 1.29 is 5.11 Å². The fourth-order valence-corrected chi connectivity index (χ4v) is 2.46. The molecular weight excluding hydrogens is 228 g/mol. The van der Waals surface area contributed by atoms with E-state index in [2.05, 4.69) is 30.5 Å². The first-order chi connectivity index (χ1) is 8.31. The quantitative estimate of drug-likeness (QED) is 0.804. The molecule has 0 aliphatic heterocycles. The van der Waals surface area contributed by atoms with Gasteiger partial charge in [-0.1, -0.05) is 36.4 Å². The zero-order chi connectivity index (χ0) is 12.1. The maximum Gasteiger partial charge on any atom is 0.0790 e. The molecule has 0 saturated heterocycles. The summed E-state index contributed by atoms with van der Waals surface area (Å²) in [4.78, 5) is 0. The largest absolute Gasteiger partial charge is 0.388 e. The fraction of sp³-hybridized carbons (Fsp3) is 0.333. The van der Waals surface area contributed by atoms with Crippen LogP contribution in [-0.2, 0) is 0 Å². The minimum Gasteiger partial charge on any atom is -0.388 e. The fourth-order valence-electron chi connectivity index (χ4n) is 2.00. The third-order valence-electron chi connectivity index (χ3n) is 2.98. The Bertz CT molecular complexity index is 481. The summed E-state index contributed by atoms with van der Waals surface area (Å²) >= 11 is 1.83. The molecule has 1 atom stereocenters. The molecule has 0 heterocycles. The lowest BCUT2D eigenvalue weighted by Gasteiger charge is -2.11. The third-order valence-corrected chi connectivity index (χ3v) is 3.68. The second-order valence-corrected chi connectivity index (χ2v) is 5.24. The van der Waals surface area contributed by atoms with E-state index >= 15 is 0 Å². The molecule has 17 heavy (non-hydrogen) atoms. The number of thioether (sulfide) groups is 1. The van der Waals surface area contributed by atoms with E-state index in [1.54, 1.807) is 0 Å². The Labute approximate surface area is 107 Å². The second kappa shape index (κ2) is 6.08. The molecule has 1 nitrogen and oxygen atoms in total. The van der Waals surface area contributed by atoms with Gasteiger partial charge in [-0.25, -0.2) is 0 Å². The molecule has 0 bridgehead atoms. The molecule has 2 heteroatoms. The molecule has 2 aromatic rings. The van der Waals surface area contributed by atoms with Gasteiger partial charge in [0.15, 0.2) is 0 Å². The normalized spacial score (nSPS) is 12.8. The first kappa shape index (κ1) is 12.5. The van der Waals surface area contributed by atoms with E-state index in [4.69, 9.17) is 0 Å². The highest BCUT2D eigenvalue weighted by Gasteiger charge is 2.07. The van der Waals surface area contributed by atoms with Crippen LogP contribution in [-0.4, -0.2) is 17.1 Å². The van der Waals surface area contributed by atoms with Crippen LogP contribution in [0.5, 0.6) is 0 Å². The zero-order valence-corrected chi connectivity index (χ0v) is 10.9. The van der Waals surface area contributed by atoms with Crippen molar-refractivity contribution in [2.45, 2.75) is 18.9 Å². The van der Waals surface area contributed by atoms with Gasteiger partial charge in [0.1, 0.15) is 0 Å². The molecule has 0 fully saturated rings. The number of hydrogen-bond donors (Lipinski definition) is 1. The molecule has 2 rings (SSSR count). The SMILES string of the molecule is CSCCCC(O)c1ccc2ccccc2c1.